The molecule has 1 aliphatic heterocycles. The maximum atomic E-state index is 12.3. The molecule has 0 unspecified atom stereocenters. The zero-order valence-electron chi connectivity index (χ0n) is 12.6. The molecule has 5 heteroatoms. The highest BCUT2D eigenvalue weighted by Gasteiger charge is 2.51. The third-order valence-electron chi connectivity index (χ3n) is 4.79. The maximum absolute atomic E-state index is 12.3. The Morgan fingerprint density at radius 1 is 1.23 bits per heavy atom. The number of aliphatic hydroxyl groups excluding tert-OH is 1. The molecule has 0 bridgehead atoms. The van der Waals surface area contributed by atoms with Gasteiger partial charge in [0.2, 0.25) is 5.91 Å². The molecule has 2 fully saturated rings. The number of hydrogen-bond donors (Lipinski definition) is 1. The first-order chi connectivity index (χ1) is 10.7. The average Bonchev–Trinajstić information content (AvgIpc) is 2.55. The Hall–Kier alpha value is -2.06. The van der Waals surface area contributed by atoms with E-state index < -0.39 is 5.92 Å². The molecule has 0 aromatic heterocycles. The van der Waals surface area contributed by atoms with Crippen LogP contribution in [0.2, 0.25) is 0 Å². The minimum absolute atomic E-state index is 0.0790. The fourth-order valence-corrected chi connectivity index (χ4v) is 3.53. The van der Waals surface area contributed by atoms with Gasteiger partial charge in [-0.3, -0.25) is 4.79 Å². The minimum atomic E-state index is -0.597. The molecule has 1 aromatic carbocycles. The summed E-state index contributed by atoms with van der Waals surface area (Å²) in [7, 11) is 1.61. The number of β-lactam (4-membered cyclic amide) rings is 1. The number of carbonyl (C=O) groups is 1. The fraction of sp³-hybridized carbons (Fsp3) is 0.529. The summed E-state index contributed by atoms with van der Waals surface area (Å²) in [6.07, 6.45) is 2.80. The monoisotopic (exact) mass is 300 g/mol. The number of hydrogen-bond acceptors (Lipinski definition) is 4. The zero-order chi connectivity index (χ0) is 15.7. The first kappa shape index (κ1) is 14.9. The summed E-state index contributed by atoms with van der Waals surface area (Å²) in [6, 6.07) is 9.65. The third kappa shape index (κ3) is 2.44. The van der Waals surface area contributed by atoms with Crippen LogP contribution >= 0.6 is 0 Å². The second-order valence-corrected chi connectivity index (χ2v) is 6.03. The topological polar surface area (TPSA) is 73.6 Å². The number of aliphatic hydroxyl groups is 1. The molecule has 0 spiro atoms. The van der Waals surface area contributed by atoms with Crippen molar-refractivity contribution < 1.29 is 14.6 Å². The average molecular weight is 300 g/mol. The van der Waals surface area contributed by atoms with Gasteiger partial charge in [-0.1, -0.05) is 12.1 Å². The predicted molar refractivity (Wildman–Crippen MR) is 79.9 cm³/mol. The van der Waals surface area contributed by atoms with Crippen LogP contribution in [0.25, 0.3) is 0 Å². The Morgan fingerprint density at radius 2 is 1.86 bits per heavy atom. The Bertz CT molecular complexity index is 585. The van der Waals surface area contributed by atoms with Gasteiger partial charge in [0.05, 0.1) is 25.3 Å². The molecule has 2 aliphatic rings. The lowest BCUT2D eigenvalue weighted by Gasteiger charge is -2.50. The molecule has 5 nitrogen and oxygen atoms in total. The van der Waals surface area contributed by atoms with E-state index in [1.165, 1.54) is 0 Å². The molecule has 116 valence electrons. The number of likely N-dealkylation sites (tertiary alicyclic amines) is 1. The van der Waals surface area contributed by atoms with Crippen LogP contribution in [0, 0.1) is 17.2 Å². The molecular weight excluding hydrogens is 280 g/mol. The van der Waals surface area contributed by atoms with Crippen molar-refractivity contribution in [1.82, 2.24) is 4.90 Å². The van der Waals surface area contributed by atoms with E-state index in [0.717, 1.165) is 37.0 Å². The Balaban J connectivity index is 1.82. The van der Waals surface area contributed by atoms with E-state index in [9.17, 15) is 15.2 Å². The van der Waals surface area contributed by atoms with E-state index in [1.54, 1.807) is 7.11 Å². The van der Waals surface area contributed by atoms with E-state index in [-0.39, 0.29) is 24.1 Å². The summed E-state index contributed by atoms with van der Waals surface area (Å²) < 4.78 is 5.16. The van der Waals surface area contributed by atoms with Crippen LogP contribution in [0.1, 0.15) is 37.3 Å². The highest BCUT2D eigenvalue weighted by atomic mass is 16.5. The number of amides is 1. The lowest BCUT2D eigenvalue weighted by Crippen LogP contribution is -2.59. The molecule has 2 atom stereocenters. The van der Waals surface area contributed by atoms with Crippen LogP contribution in [0.4, 0.5) is 0 Å². The van der Waals surface area contributed by atoms with Crippen molar-refractivity contribution in [3.05, 3.63) is 29.8 Å². The van der Waals surface area contributed by atoms with Gasteiger partial charge < -0.3 is 14.7 Å². The quantitative estimate of drug-likeness (QED) is 0.867. The van der Waals surface area contributed by atoms with E-state index in [2.05, 4.69) is 6.07 Å². The molecular formula is C17H20N2O3. The molecule has 1 aromatic rings. The molecule has 0 radical (unpaired) electrons. The highest BCUT2D eigenvalue weighted by molar-refractivity contribution is 5.89. The van der Waals surface area contributed by atoms with Crippen LogP contribution in [0.5, 0.6) is 5.75 Å². The maximum Gasteiger partial charge on any atom is 0.243 e. The van der Waals surface area contributed by atoms with E-state index in [1.807, 2.05) is 29.2 Å². The molecule has 1 saturated carbocycles. The van der Waals surface area contributed by atoms with Crippen molar-refractivity contribution in [2.45, 2.75) is 43.9 Å². The summed E-state index contributed by atoms with van der Waals surface area (Å²) >= 11 is 0. The van der Waals surface area contributed by atoms with Crippen molar-refractivity contribution in [1.29, 1.82) is 5.26 Å². The highest BCUT2D eigenvalue weighted by Crippen LogP contribution is 2.44. The van der Waals surface area contributed by atoms with Crippen molar-refractivity contribution in [3.8, 4) is 11.8 Å². The Labute approximate surface area is 130 Å². The van der Waals surface area contributed by atoms with Crippen molar-refractivity contribution in [2.75, 3.05) is 7.11 Å². The smallest absolute Gasteiger partial charge is 0.243 e. The van der Waals surface area contributed by atoms with E-state index in [0.29, 0.717) is 0 Å². The summed E-state index contributed by atoms with van der Waals surface area (Å²) in [5.41, 5.74) is 0.970. The van der Waals surface area contributed by atoms with Crippen LogP contribution < -0.4 is 4.74 Å². The number of ether oxygens (including phenoxy) is 1. The summed E-state index contributed by atoms with van der Waals surface area (Å²) in [6.45, 7) is 0. The van der Waals surface area contributed by atoms with Crippen molar-refractivity contribution in [3.63, 3.8) is 0 Å². The third-order valence-corrected chi connectivity index (χ3v) is 4.79. The van der Waals surface area contributed by atoms with Gasteiger partial charge in [0.25, 0.3) is 0 Å². The standard InChI is InChI=1S/C17H20N2O3/c1-22-14-8-2-11(3-9-14)16-15(10-18)17(21)19(16)12-4-6-13(20)7-5-12/h2-3,8-9,12-13,15-16,20H,4-7H2,1H3/t12?,13?,15-,16-/m1/s1. The number of benzene rings is 1. The summed E-state index contributed by atoms with van der Waals surface area (Å²) in [5.74, 6) is 0.0835. The summed E-state index contributed by atoms with van der Waals surface area (Å²) in [4.78, 5) is 14.1. The first-order valence-electron chi connectivity index (χ1n) is 7.69. The molecule has 1 saturated heterocycles. The van der Waals surface area contributed by atoms with Crippen molar-refractivity contribution >= 4 is 5.91 Å². The minimum Gasteiger partial charge on any atom is -0.497 e. The normalized spacial score (nSPS) is 31.3. The largest absolute Gasteiger partial charge is 0.497 e. The lowest BCUT2D eigenvalue weighted by atomic mass is 9.79. The number of methoxy groups -OCH3 is 1. The number of nitriles is 1. The fourth-order valence-electron chi connectivity index (χ4n) is 3.53. The van der Waals surface area contributed by atoms with Crippen LogP contribution in [0.3, 0.4) is 0 Å². The second-order valence-electron chi connectivity index (χ2n) is 6.03. The molecule has 1 amide bonds. The number of carbonyl (C=O) groups excluding carboxylic acids is 1. The SMILES string of the molecule is COc1ccc([C@@H]2[C@@H](C#N)C(=O)N2C2CCC(O)CC2)cc1. The van der Waals surface area contributed by atoms with Crippen LogP contribution in [0.15, 0.2) is 24.3 Å². The van der Waals surface area contributed by atoms with Gasteiger partial charge in [-0.15, -0.1) is 0 Å². The van der Waals surface area contributed by atoms with Crippen molar-refractivity contribution in [2.24, 2.45) is 5.92 Å². The second kappa shape index (κ2) is 5.98. The van der Waals surface area contributed by atoms with E-state index >= 15 is 0 Å². The van der Waals surface area contributed by atoms with Gasteiger partial charge in [0, 0.05) is 6.04 Å². The van der Waals surface area contributed by atoms with Crippen LogP contribution in [-0.2, 0) is 4.79 Å². The number of nitrogens with zero attached hydrogens (tertiary/aromatic N) is 2. The predicted octanol–water partition coefficient (Wildman–Crippen LogP) is 2.02. The Kier molecular flexibility index (Phi) is 4.04. The molecule has 1 heterocycles. The van der Waals surface area contributed by atoms with Gasteiger partial charge in [0.15, 0.2) is 0 Å². The van der Waals surface area contributed by atoms with Crippen LogP contribution in [-0.4, -0.2) is 35.2 Å². The van der Waals surface area contributed by atoms with Gasteiger partial charge in [-0.2, -0.15) is 5.26 Å². The molecule has 1 N–H and O–H groups in total. The first-order valence-corrected chi connectivity index (χ1v) is 7.69. The molecule has 3 rings (SSSR count). The zero-order valence-corrected chi connectivity index (χ0v) is 12.6. The van der Waals surface area contributed by atoms with Gasteiger partial charge in [-0.25, -0.2) is 0 Å². The van der Waals surface area contributed by atoms with E-state index in [4.69, 9.17) is 4.74 Å². The molecule has 22 heavy (non-hydrogen) atoms. The van der Waals surface area contributed by atoms with Gasteiger partial charge >= 0.3 is 0 Å². The Morgan fingerprint density at radius 3 is 2.41 bits per heavy atom. The summed E-state index contributed by atoms with van der Waals surface area (Å²) in [5, 5.41) is 18.9. The van der Waals surface area contributed by atoms with Gasteiger partial charge in [-0.05, 0) is 43.4 Å². The molecule has 1 aliphatic carbocycles. The lowest BCUT2D eigenvalue weighted by molar-refractivity contribution is -0.159. The number of rotatable bonds is 3. The van der Waals surface area contributed by atoms with Gasteiger partial charge in [0.1, 0.15) is 11.7 Å².